The number of anilines is 1. The highest BCUT2D eigenvalue weighted by molar-refractivity contribution is 5.95. The van der Waals surface area contributed by atoms with Gasteiger partial charge in [-0.05, 0) is 23.6 Å². The van der Waals surface area contributed by atoms with Crippen LogP contribution in [0.2, 0.25) is 0 Å². The molecule has 0 atom stereocenters. The molecule has 0 unspecified atom stereocenters. The smallest absolute Gasteiger partial charge is 0.317 e. The molecule has 0 bridgehead atoms. The minimum Gasteiger partial charge on any atom is -0.337 e. The standard InChI is InChI=1S/C23H30N4O3/c1-4-19-12-8-9-13-20(19)25-21(28)17-26(2)22(29)14-15-24-23(30)27(3)16-18-10-6-5-7-11-18/h5-13H,4,14-17H2,1-3H3,(H,24,30)(H,25,28). The molecule has 0 heterocycles. The van der Waals surface area contributed by atoms with Crippen molar-refractivity contribution in [3.8, 4) is 0 Å². The number of aryl methyl sites for hydroxylation is 1. The van der Waals surface area contributed by atoms with Gasteiger partial charge in [-0.15, -0.1) is 0 Å². The van der Waals surface area contributed by atoms with Crippen LogP contribution in [0.5, 0.6) is 0 Å². The monoisotopic (exact) mass is 410 g/mol. The van der Waals surface area contributed by atoms with E-state index in [1.807, 2.05) is 61.5 Å². The second-order valence-corrected chi connectivity index (χ2v) is 7.13. The summed E-state index contributed by atoms with van der Waals surface area (Å²) in [5.74, 6) is -0.460. The highest BCUT2D eigenvalue weighted by Gasteiger charge is 2.15. The number of likely N-dealkylation sites (N-methyl/N-ethyl adjacent to an activating group) is 1. The maximum atomic E-state index is 12.3. The van der Waals surface area contributed by atoms with Crippen LogP contribution in [0.1, 0.15) is 24.5 Å². The van der Waals surface area contributed by atoms with Crippen molar-refractivity contribution < 1.29 is 14.4 Å². The molecule has 0 fully saturated rings. The van der Waals surface area contributed by atoms with E-state index >= 15 is 0 Å². The van der Waals surface area contributed by atoms with E-state index in [-0.39, 0.29) is 37.4 Å². The van der Waals surface area contributed by atoms with Crippen molar-refractivity contribution >= 4 is 23.5 Å². The lowest BCUT2D eigenvalue weighted by Crippen LogP contribution is -2.40. The Morgan fingerprint density at radius 1 is 0.900 bits per heavy atom. The van der Waals surface area contributed by atoms with Gasteiger partial charge in [0.25, 0.3) is 0 Å². The first-order chi connectivity index (χ1) is 14.4. The van der Waals surface area contributed by atoms with E-state index in [2.05, 4.69) is 10.6 Å². The molecule has 0 spiro atoms. The SMILES string of the molecule is CCc1ccccc1NC(=O)CN(C)C(=O)CCNC(=O)N(C)Cc1ccccc1. The van der Waals surface area contributed by atoms with Crippen LogP contribution >= 0.6 is 0 Å². The Balaban J connectivity index is 1.72. The Morgan fingerprint density at radius 3 is 2.27 bits per heavy atom. The molecule has 0 aliphatic carbocycles. The van der Waals surface area contributed by atoms with Crippen molar-refractivity contribution in [2.75, 3.05) is 32.5 Å². The zero-order chi connectivity index (χ0) is 21.9. The molecule has 0 aliphatic heterocycles. The largest absolute Gasteiger partial charge is 0.337 e. The average Bonchev–Trinajstić information content (AvgIpc) is 2.74. The third-order valence-electron chi connectivity index (χ3n) is 4.70. The molecule has 0 radical (unpaired) electrons. The highest BCUT2D eigenvalue weighted by atomic mass is 16.2. The number of para-hydroxylation sites is 1. The Hall–Kier alpha value is -3.35. The van der Waals surface area contributed by atoms with E-state index in [1.165, 1.54) is 4.90 Å². The molecule has 2 aromatic rings. The molecule has 160 valence electrons. The molecule has 2 aromatic carbocycles. The number of hydrogen-bond donors (Lipinski definition) is 2. The van der Waals surface area contributed by atoms with Gasteiger partial charge < -0.3 is 20.4 Å². The number of rotatable bonds is 9. The lowest BCUT2D eigenvalue weighted by Gasteiger charge is -2.20. The maximum Gasteiger partial charge on any atom is 0.317 e. The summed E-state index contributed by atoms with van der Waals surface area (Å²) in [6.07, 6.45) is 0.934. The van der Waals surface area contributed by atoms with Gasteiger partial charge in [0.15, 0.2) is 0 Å². The van der Waals surface area contributed by atoms with Gasteiger partial charge in [0, 0.05) is 39.3 Å². The molecule has 2 N–H and O–H groups in total. The Bertz CT molecular complexity index is 855. The normalized spacial score (nSPS) is 10.2. The van der Waals surface area contributed by atoms with Crippen molar-refractivity contribution in [3.05, 3.63) is 65.7 Å². The van der Waals surface area contributed by atoms with Crippen molar-refractivity contribution in [3.63, 3.8) is 0 Å². The number of carbonyl (C=O) groups excluding carboxylic acids is 3. The Morgan fingerprint density at radius 2 is 1.57 bits per heavy atom. The van der Waals surface area contributed by atoms with Crippen molar-refractivity contribution in [1.82, 2.24) is 15.1 Å². The third kappa shape index (κ3) is 7.24. The first-order valence-electron chi connectivity index (χ1n) is 10.0. The average molecular weight is 411 g/mol. The summed E-state index contributed by atoms with van der Waals surface area (Å²) in [4.78, 5) is 39.6. The van der Waals surface area contributed by atoms with Crippen molar-refractivity contribution in [2.24, 2.45) is 0 Å². The number of benzene rings is 2. The zero-order valence-electron chi connectivity index (χ0n) is 17.9. The highest BCUT2D eigenvalue weighted by Crippen LogP contribution is 2.15. The molecule has 0 saturated heterocycles. The lowest BCUT2D eigenvalue weighted by molar-refractivity contribution is -0.133. The van der Waals surface area contributed by atoms with Gasteiger partial charge in [0.2, 0.25) is 11.8 Å². The molecule has 4 amide bonds. The van der Waals surface area contributed by atoms with E-state index in [1.54, 1.807) is 19.0 Å². The molecular weight excluding hydrogens is 380 g/mol. The van der Waals surface area contributed by atoms with Crippen LogP contribution in [0.15, 0.2) is 54.6 Å². The molecular formula is C23H30N4O3. The minimum atomic E-state index is -0.251. The molecule has 2 rings (SSSR count). The lowest BCUT2D eigenvalue weighted by atomic mass is 10.1. The molecule has 30 heavy (non-hydrogen) atoms. The van der Waals surface area contributed by atoms with Crippen LogP contribution in [0.3, 0.4) is 0 Å². The molecule has 0 aromatic heterocycles. The van der Waals surface area contributed by atoms with Gasteiger partial charge in [-0.1, -0.05) is 55.5 Å². The number of amides is 4. The summed E-state index contributed by atoms with van der Waals surface area (Å²) >= 11 is 0. The maximum absolute atomic E-state index is 12.3. The predicted molar refractivity (Wildman–Crippen MR) is 118 cm³/mol. The summed E-state index contributed by atoms with van der Waals surface area (Å²) < 4.78 is 0. The van der Waals surface area contributed by atoms with E-state index in [4.69, 9.17) is 0 Å². The first kappa shape index (κ1) is 22.9. The zero-order valence-corrected chi connectivity index (χ0v) is 17.9. The first-order valence-corrected chi connectivity index (χ1v) is 10.0. The fourth-order valence-corrected chi connectivity index (χ4v) is 2.98. The number of nitrogens with zero attached hydrogens (tertiary/aromatic N) is 2. The van der Waals surface area contributed by atoms with E-state index in [0.29, 0.717) is 6.54 Å². The Labute approximate surface area is 178 Å². The van der Waals surface area contributed by atoms with E-state index in [9.17, 15) is 14.4 Å². The van der Waals surface area contributed by atoms with Crippen LogP contribution in [-0.2, 0) is 22.6 Å². The summed E-state index contributed by atoms with van der Waals surface area (Å²) in [5, 5.41) is 5.59. The Kier molecular flexibility index (Phi) is 8.87. The van der Waals surface area contributed by atoms with E-state index in [0.717, 1.165) is 23.2 Å². The third-order valence-corrected chi connectivity index (χ3v) is 4.70. The van der Waals surface area contributed by atoms with Crippen LogP contribution in [0.25, 0.3) is 0 Å². The van der Waals surface area contributed by atoms with Gasteiger partial charge in [-0.25, -0.2) is 4.79 Å². The predicted octanol–water partition coefficient (Wildman–Crippen LogP) is 2.88. The van der Waals surface area contributed by atoms with Crippen LogP contribution in [-0.4, -0.2) is 54.8 Å². The van der Waals surface area contributed by atoms with Gasteiger partial charge in [0.05, 0.1) is 6.54 Å². The van der Waals surface area contributed by atoms with Crippen molar-refractivity contribution in [2.45, 2.75) is 26.3 Å². The molecule has 7 heteroatoms. The molecule has 7 nitrogen and oxygen atoms in total. The number of hydrogen-bond acceptors (Lipinski definition) is 3. The van der Waals surface area contributed by atoms with Crippen LogP contribution in [0, 0.1) is 0 Å². The van der Waals surface area contributed by atoms with Gasteiger partial charge >= 0.3 is 6.03 Å². The van der Waals surface area contributed by atoms with Crippen LogP contribution in [0.4, 0.5) is 10.5 Å². The van der Waals surface area contributed by atoms with Gasteiger partial charge in [-0.2, -0.15) is 0 Å². The fourth-order valence-electron chi connectivity index (χ4n) is 2.98. The summed E-state index contributed by atoms with van der Waals surface area (Å²) in [6, 6.07) is 17.0. The summed E-state index contributed by atoms with van der Waals surface area (Å²) in [6.45, 7) is 2.67. The van der Waals surface area contributed by atoms with Gasteiger partial charge in [0.1, 0.15) is 0 Å². The van der Waals surface area contributed by atoms with Gasteiger partial charge in [-0.3, -0.25) is 9.59 Å². The molecule has 0 saturated carbocycles. The second-order valence-electron chi connectivity index (χ2n) is 7.13. The van der Waals surface area contributed by atoms with E-state index < -0.39 is 0 Å². The summed E-state index contributed by atoms with van der Waals surface area (Å²) in [5.41, 5.74) is 2.84. The van der Waals surface area contributed by atoms with Crippen LogP contribution < -0.4 is 10.6 Å². The number of urea groups is 1. The second kappa shape index (κ2) is 11.6. The minimum absolute atomic E-state index is 0.0429. The molecule has 0 aliphatic rings. The topological polar surface area (TPSA) is 81.8 Å². The summed E-state index contributed by atoms with van der Waals surface area (Å²) in [7, 11) is 3.28. The number of carbonyl (C=O) groups is 3. The number of nitrogens with one attached hydrogen (secondary N) is 2. The fraction of sp³-hybridized carbons (Fsp3) is 0.348. The quantitative estimate of drug-likeness (QED) is 0.667. The van der Waals surface area contributed by atoms with Crippen molar-refractivity contribution in [1.29, 1.82) is 0 Å².